The quantitative estimate of drug-likeness (QED) is 0.538. The van der Waals surface area contributed by atoms with Crippen molar-refractivity contribution >= 4 is 17.7 Å². The highest BCUT2D eigenvalue weighted by Crippen LogP contribution is 2.44. The Hall–Kier alpha value is -3.06. The van der Waals surface area contributed by atoms with Crippen molar-refractivity contribution in [3.05, 3.63) is 70.8 Å². The zero-order chi connectivity index (χ0) is 21.9. The van der Waals surface area contributed by atoms with Crippen molar-refractivity contribution in [1.82, 2.24) is 5.32 Å². The third-order valence-electron chi connectivity index (χ3n) is 5.79. The summed E-state index contributed by atoms with van der Waals surface area (Å²) in [5, 5.41) is 12.4. The van der Waals surface area contributed by atoms with Crippen LogP contribution in [-0.4, -0.2) is 17.5 Å². The Bertz CT molecular complexity index is 983. The first-order valence-corrected chi connectivity index (χ1v) is 10.6. The van der Waals surface area contributed by atoms with E-state index in [0.717, 1.165) is 17.5 Å². The number of anilines is 1. The SMILES string of the molecule is CC1CC(C)(C)N(C(C)C)c2ccc(/C=C(/C#N)C(=O)NCc3ccccc3)cc21. The second-order valence-electron chi connectivity index (χ2n) is 9.04. The van der Waals surface area contributed by atoms with Gasteiger partial charge < -0.3 is 10.2 Å². The molecule has 0 saturated heterocycles. The van der Waals surface area contributed by atoms with Crippen LogP contribution in [0.25, 0.3) is 6.08 Å². The molecule has 1 N–H and O–H groups in total. The van der Waals surface area contributed by atoms with Gasteiger partial charge >= 0.3 is 0 Å². The molecule has 156 valence electrons. The number of fused-ring (bicyclic) bond motifs is 1. The summed E-state index contributed by atoms with van der Waals surface area (Å²) >= 11 is 0. The summed E-state index contributed by atoms with van der Waals surface area (Å²) < 4.78 is 0. The van der Waals surface area contributed by atoms with E-state index in [-0.39, 0.29) is 17.0 Å². The molecular formula is C26H31N3O. The highest BCUT2D eigenvalue weighted by Gasteiger charge is 2.37. The first-order valence-electron chi connectivity index (χ1n) is 10.6. The van der Waals surface area contributed by atoms with Crippen molar-refractivity contribution in [3.8, 4) is 6.07 Å². The zero-order valence-electron chi connectivity index (χ0n) is 18.6. The van der Waals surface area contributed by atoms with Crippen LogP contribution in [0.4, 0.5) is 5.69 Å². The van der Waals surface area contributed by atoms with Crippen molar-refractivity contribution in [1.29, 1.82) is 5.26 Å². The van der Waals surface area contributed by atoms with Crippen LogP contribution in [0.5, 0.6) is 0 Å². The number of nitriles is 1. The number of benzene rings is 2. The molecule has 0 spiro atoms. The maximum atomic E-state index is 12.5. The lowest BCUT2D eigenvalue weighted by Crippen LogP contribution is -2.51. The molecule has 1 aliphatic heterocycles. The lowest BCUT2D eigenvalue weighted by atomic mass is 9.79. The molecule has 0 fully saturated rings. The van der Waals surface area contributed by atoms with Crippen LogP contribution in [0.3, 0.4) is 0 Å². The molecule has 0 aliphatic carbocycles. The van der Waals surface area contributed by atoms with Crippen LogP contribution in [-0.2, 0) is 11.3 Å². The summed E-state index contributed by atoms with van der Waals surface area (Å²) in [7, 11) is 0. The minimum Gasteiger partial charge on any atom is -0.364 e. The second kappa shape index (κ2) is 8.75. The minimum atomic E-state index is -0.350. The van der Waals surface area contributed by atoms with Gasteiger partial charge in [0.2, 0.25) is 0 Å². The number of nitrogens with one attached hydrogen (secondary N) is 1. The fraction of sp³-hybridized carbons (Fsp3) is 0.385. The van der Waals surface area contributed by atoms with Crippen LogP contribution >= 0.6 is 0 Å². The Labute approximate surface area is 180 Å². The number of amides is 1. The van der Waals surface area contributed by atoms with Gasteiger partial charge in [-0.15, -0.1) is 0 Å². The van der Waals surface area contributed by atoms with Crippen LogP contribution in [0.2, 0.25) is 0 Å². The third kappa shape index (κ3) is 4.57. The lowest BCUT2D eigenvalue weighted by Gasteiger charge is -2.50. The highest BCUT2D eigenvalue weighted by atomic mass is 16.1. The molecule has 0 saturated carbocycles. The van der Waals surface area contributed by atoms with Gasteiger partial charge in [0, 0.05) is 23.8 Å². The first kappa shape index (κ1) is 21.6. The third-order valence-corrected chi connectivity index (χ3v) is 5.79. The molecule has 0 radical (unpaired) electrons. The summed E-state index contributed by atoms with van der Waals surface area (Å²) in [6.07, 6.45) is 2.75. The van der Waals surface area contributed by atoms with Gasteiger partial charge in [-0.05, 0) is 74.9 Å². The van der Waals surface area contributed by atoms with Gasteiger partial charge in [-0.2, -0.15) is 5.26 Å². The molecule has 30 heavy (non-hydrogen) atoms. The Morgan fingerprint density at radius 3 is 2.60 bits per heavy atom. The van der Waals surface area contributed by atoms with E-state index < -0.39 is 0 Å². The largest absolute Gasteiger partial charge is 0.364 e. The molecule has 1 aliphatic rings. The average Bonchev–Trinajstić information content (AvgIpc) is 2.70. The first-order chi connectivity index (χ1) is 14.2. The van der Waals surface area contributed by atoms with Crippen molar-refractivity contribution in [2.24, 2.45) is 0 Å². The lowest BCUT2D eigenvalue weighted by molar-refractivity contribution is -0.117. The summed E-state index contributed by atoms with van der Waals surface area (Å²) in [6.45, 7) is 11.7. The van der Waals surface area contributed by atoms with Gasteiger partial charge in [0.1, 0.15) is 11.6 Å². The fourth-order valence-corrected chi connectivity index (χ4v) is 4.73. The molecule has 0 bridgehead atoms. The monoisotopic (exact) mass is 401 g/mol. The maximum absolute atomic E-state index is 12.5. The van der Waals surface area contributed by atoms with E-state index in [9.17, 15) is 10.1 Å². The summed E-state index contributed by atoms with van der Waals surface area (Å²) in [5.41, 5.74) is 4.62. The number of hydrogen-bond acceptors (Lipinski definition) is 3. The number of carbonyl (C=O) groups is 1. The fourth-order valence-electron chi connectivity index (χ4n) is 4.73. The molecular weight excluding hydrogens is 370 g/mol. The van der Waals surface area contributed by atoms with Gasteiger partial charge in [-0.1, -0.05) is 43.3 Å². The summed E-state index contributed by atoms with van der Waals surface area (Å²) in [4.78, 5) is 15.0. The van der Waals surface area contributed by atoms with E-state index in [1.807, 2.05) is 36.4 Å². The van der Waals surface area contributed by atoms with Crippen molar-refractivity contribution in [3.63, 3.8) is 0 Å². The van der Waals surface area contributed by atoms with Crippen molar-refractivity contribution in [2.45, 2.75) is 65.1 Å². The van der Waals surface area contributed by atoms with Gasteiger partial charge in [-0.3, -0.25) is 4.79 Å². The highest BCUT2D eigenvalue weighted by molar-refractivity contribution is 6.01. The number of rotatable bonds is 5. The van der Waals surface area contributed by atoms with E-state index in [1.165, 1.54) is 11.3 Å². The predicted molar refractivity (Wildman–Crippen MR) is 123 cm³/mol. The minimum absolute atomic E-state index is 0.0904. The topological polar surface area (TPSA) is 56.1 Å². The molecule has 1 unspecified atom stereocenters. The molecule has 1 heterocycles. The van der Waals surface area contributed by atoms with Gasteiger partial charge in [0.05, 0.1) is 0 Å². The predicted octanol–water partition coefficient (Wildman–Crippen LogP) is 5.41. The summed E-state index contributed by atoms with van der Waals surface area (Å²) in [6, 6.07) is 18.4. The van der Waals surface area contributed by atoms with Gasteiger partial charge in [0.25, 0.3) is 5.91 Å². The Morgan fingerprint density at radius 1 is 1.27 bits per heavy atom. The Kier molecular flexibility index (Phi) is 6.31. The van der Waals surface area contributed by atoms with Gasteiger partial charge in [-0.25, -0.2) is 0 Å². The molecule has 4 nitrogen and oxygen atoms in total. The molecule has 1 atom stereocenters. The normalized spacial score (nSPS) is 18.0. The van der Waals surface area contributed by atoms with Crippen LogP contribution < -0.4 is 10.2 Å². The Morgan fingerprint density at radius 2 is 1.97 bits per heavy atom. The number of hydrogen-bond donors (Lipinski definition) is 1. The number of carbonyl (C=O) groups excluding carboxylic acids is 1. The average molecular weight is 402 g/mol. The smallest absolute Gasteiger partial charge is 0.262 e. The zero-order valence-corrected chi connectivity index (χ0v) is 18.6. The molecule has 2 aromatic carbocycles. The van der Waals surface area contributed by atoms with Gasteiger partial charge in [0.15, 0.2) is 0 Å². The molecule has 0 aromatic heterocycles. The van der Waals surface area contributed by atoms with E-state index in [1.54, 1.807) is 6.08 Å². The van der Waals surface area contributed by atoms with E-state index in [0.29, 0.717) is 18.5 Å². The Balaban J connectivity index is 1.85. The van der Waals surface area contributed by atoms with E-state index in [2.05, 4.69) is 63.0 Å². The van der Waals surface area contributed by atoms with E-state index >= 15 is 0 Å². The standard InChI is InChI=1S/C26H31N3O/c1-18(2)29-24-12-11-21(14-23(24)19(3)15-26(29,4)5)13-22(16-27)25(30)28-17-20-9-7-6-8-10-20/h6-14,18-19H,15,17H2,1-5H3,(H,28,30)/b22-13-. The van der Waals surface area contributed by atoms with Crippen LogP contribution in [0.15, 0.2) is 54.1 Å². The van der Waals surface area contributed by atoms with Crippen molar-refractivity contribution < 1.29 is 4.79 Å². The molecule has 1 amide bonds. The van der Waals surface area contributed by atoms with Crippen LogP contribution in [0.1, 0.15) is 63.6 Å². The molecule has 4 heteroatoms. The van der Waals surface area contributed by atoms with Crippen molar-refractivity contribution in [2.75, 3.05) is 4.90 Å². The number of nitrogens with zero attached hydrogens (tertiary/aromatic N) is 2. The molecule has 3 rings (SSSR count). The molecule has 2 aromatic rings. The summed E-state index contributed by atoms with van der Waals surface area (Å²) in [5.74, 6) is 0.0628. The maximum Gasteiger partial charge on any atom is 0.262 e. The second-order valence-corrected chi connectivity index (χ2v) is 9.04. The van der Waals surface area contributed by atoms with Crippen LogP contribution in [0, 0.1) is 11.3 Å². The van der Waals surface area contributed by atoms with E-state index in [4.69, 9.17) is 0 Å².